The average molecular weight is 497 g/mol. The number of guanidine groups is 1. The van der Waals surface area contributed by atoms with Crippen LogP contribution in [-0.2, 0) is 16.4 Å². The molecule has 1 unspecified atom stereocenters. The summed E-state index contributed by atoms with van der Waals surface area (Å²) in [5, 5.41) is 4.04. The highest BCUT2D eigenvalue weighted by molar-refractivity contribution is 14.0. The molecule has 1 heterocycles. The second kappa shape index (κ2) is 10.6. The lowest BCUT2D eigenvalue weighted by Gasteiger charge is -2.34. The van der Waals surface area contributed by atoms with E-state index < -0.39 is 9.84 Å². The molecule has 1 saturated heterocycles. The molecule has 0 bridgehead atoms. The van der Waals surface area contributed by atoms with Crippen molar-refractivity contribution in [2.45, 2.75) is 37.0 Å². The Morgan fingerprint density at radius 1 is 1.32 bits per heavy atom. The zero-order chi connectivity index (χ0) is 17.6. The van der Waals surface area contributed by atoms with Crippen molar-refractivity contribution in [2.75, 3.05) is 31.6 Å². The minimum Gasteiger partial charge on any atom is -0.357 e. The highest BCUT2D eigenvalue weighted by Gasteiger charge is 2.21. The van der Waals surface area contributed by atoms with Gasteiger partial charge in [0.05, 0.1) is 11.4 Å². The molecule has 5 nitrogen and oxygen atoms in total. The van der Waals surface area contributed by atoms with Crippen LogP contribution in [0.25, 0.3) is 0 Å². The first kappa shape index (κ1) is 22.6. The Kier molecular flexibility index (Phi) is 9.58. The van der Waals surface area contributed by atoms with Gasteiger partial charge in [0.1, 0.15) is 0 Å². The van der Waals surface area contributed by atoms with E-state index in [9.17, 15) is 8.42 Å². The molecule has 25 heavy (non-hydrogen) atoms. The fourth-order valence-corrected chi connectivity index (χ4v) is 4.40. The summed E-state index contributed by atoms with van der Waals surface area (Å²) >= 11 is 2.04. The normalized spacial score (nSPS) is 18.6. The molecule has 0 aromatic heterocycles. The molecule has 1 aromatic rings. The van der Waals surface area contributed by atoms with Crippen LogP contribution in [0.5, 0.6) is 0 Å². The smallest absolute Gasteiger partial charge is 0.194 e. The lowest BCUT2D eigenvalue weighted by Crippen LogP contribution is -2.48. The molecule has 0 aliphatic carbocycles. The van der Waals surface area contributed by atoms with E-state index in [1.807, 2.05) is 23.9 Å². The summed E-state index contributed by atoms with van der Waals surface area (Å²) in [6, 6.07) is 6.98. The topological polar surface area (TPSA) is 61.8 Å². The van der Waals surface area contributed by atoms with Crippen LogP contribution in [0.2, 0.25) is 0 Å². The number of benzene rings is 1. The summed E-state index contributed by atoms with van der Waals surface area (Å²) in [6.07, 6.45) is 2.40. The van der Waals surface area contributed by atoms with Crippen LogP contribution in [0.1, 0.15) is 25.8 Å². The van der Waals surface area contributed by atoms with Gasteiger partial charge >= 0.3 is 0 Å². The van der Waals surface area contributed by atoms with E-state index in [2.05, 4.69) is 24.1 Å². The summed E-state index contributed by atoms with van der Waals surface area (Å²) in [5.41, 5.74) is 1.01. The molecule has 1 aromatic carbocycles. The molecule has 0 amide bonds. The SMILES string of the molecule is CCNC(=NCc1ccc(S(C)(=O)=O)cc1)N1CCSC(CC)C1.I. The largest absolute Gasteiger partial charge is 0.357 e. The number of nitrogens with one attached hydrogen (secondary N) is 1. The van der Waals surface area contributed by atoms with Crippen molar-refractivity contribution in [3.05, 3.63) is 29.8 Å². The molecule has 0 radical (unpaired) electrons. The average Bonchev–Trinajstić information content (AvgIpc) is 2.58. The predicted molar refractivity (Wildman–Crippen MR) is 118 cm³/mol. The van der Waals surface area contributed by atoms with E-state index in [0.29, 0.717) is 16.7 Å². The summed E-state index contributed by atoms with van der Waals surface area (Å²) in [4.78, 5) is 7.42. The molecule has 1 aliphatic heterocycles. The summed E-state index contributed by atoms with van der Waals surface area (Å²) in [5.74, 6) is 2.08. The van der Waals surface area contributed by atoms with Gasteiger partial charge in [-0.1, -0.05) is 19.1 Å². The van der Waals surface area contributed by atoms with Gasteiger partial charge in [0, 0.05) is 36.9 Å². The van der Waals surface area contributed by atoms with Crippen molar-refractivity contribution in [1.82, 2.24) is 10.2 Å². The summed E-state index contributed by atoms with van der Waals surface area (Å²) in [6.45, 7) is 7.74. The molecule has 1 atom stereocenters. The van der Waals surface area contributed by atoms with E-state index >= 15 is 0 Å². The standard InChI is InChI=1S/C17H27N3O2S2.HI/c1-4-15-13-20(10-11-23-15)17(18-5-2)19-12-14-6-8-16(9-7-14)24(3,21)22;/h6-9,15H,4-5,10-13H2,1-3H3,(H,18,19);1H. The number of rotatable bonds is 5. The second-order valence-corrected chi connectivity index (χ2v) is 9.36. The molecular formula is C17H28IN3O2S2. The zero-order valence-electron chi connectivity index (χ0n) is 15.1. The Balaban J connectivity index is 0.00000312. The van der Waals surface area contributed by atoms with Crippen LogP contribution in [0.3, 0.4) is 0 Å². The van der Waals surface area contributed by atoms with Gasteiger partial charge in [0.2, 0.25) is 0 Å². The first-order valence-corrected chi connectivity index (χ1v) is 11.3. The highest BCUT2D eigenvalue weighted by Crippen LogP contribution is 2.21. The zero-order valence-corrected chi connectivity index (χ0v) is 19.0. The number of thioether (sulfide) groups is 1. The predicted octanol–water partition coefficient (Wildman–Crippen LogP) is 3.00. The third kappa shape index (κ3) is 6.97. The van der Waals surface area contributed by atoms with Crippen molar-refractivity contribution in [3.8, 4) is 0 Å². The first-order chi connectivity index (χ1) is 11.4. The van der Waals surface area contributed by atoms with Crippen LogP contribution >= 0.6 is 35.7 Å². The Morgan fingerprint density at radius 2 is 2.00 bits per heavy atom. The maximum Gasteiger partial charge on any atom is 0.194 e. The van der Waals surface area contributed by atoms with Crippen molar-refractivity contribution < 1.29 is 8.42 Å². The van der Waals surface area contributed by atoms with Crippen LogP contribution in [0, 0.1) is 0 Å². The van der Waals surface area contributed by atoms with Crippen molar-refractivity contribution >= 4 is 51.5 Å². The van der Waals surface area contributed by atoms with Crippen molar-refractivity contribution in [3.63, 3.8) is 0 Å². The maximum atomic E-state index is 11.5. The third-order valence-corrected chi connectivity index (χ3v) is 6.49. The highest BCUT2D eigenvalue weighted by atomic mass is 127. The van der Waals surface area contributed by atoms with E-state index in [1.165, 1.54) is 12.7 Å². The molecule has 0 spiro atoms. The Labute approximate surface area is 173 Å². The van der Waals surface area contributed by atoms with Gasteiger partial charge in [0.25, 0.3) is 0 Å². The maximum absolute atomic E-state index is 11.5. The van der Waals surface area contributed by atoms with Gasteiger partial charge in [-0.2, -0.15) is 11.8 Å². The quantitative estimate of drug-likeness (QED) is 0.385. The minimum absolute atomic E-state index is 0. The van der Waals surface area contributed by atoms with Crippen LogP contribution < -0.4 is 5.32 Å². The lowest BCUT2D eigenvalue weighted by molar-refractivity contribution is 0.408. The van der Waals surface area contributed by atoms with Crippen molar-refractivity contribution in [2.24, 2.45) is 4.99 Å². The van der Waals surface area contributed by atoms with Gasteiger partial charge < -0.3 is 10.2 Å². The molecular weight excluding hydrogens is 469 g/mol. The number of halogens is 1. The number of hydrogen-bond acceptors (Lipinski definition) is 4. The molecule has 1 N–H and O–H groups in total. The van der Waals surface area contributed by atoms with Crippen molar-refractivity contribution in [1.29, 1.82) is 0 Å². The summed E-state index contributed by atoms with van der Waals surface area (Å²) < 4.78 is 23.0. The first-order valence-electron chi connectivity index (χ1n) is 8.38. The van der Waals surface area contributed by atoms with Crippen LogP contribution in [0.15, 0.2) is 34.2 Å². The number of sulfone groups is 1. The van der Waals surface area contributed by atoms with Crippen LogP contribution in [-0.4, -0.2) is 56.2 Å². The van der Waals surface area contributed by atoms with Gasteiger partial charge in [-0.15, -0.1) is 24.0 Å². The number of hydrogen-bond donors (Lipinski definition) is 1. The second-order valence-electron chi connectivity index (χ2n) is 5.93. The van der Waals surface area contributed by atoms with Crippen LogP contribution in [0.4, 0.5) is 0 Å². The molecule has 2 rings (SSSR count). The van der Waals surface area contributed by atoms with E-state index in [-0.39, 0.29) is 24.0 Å². The molecule has 0 saturated carbocycles. The van der Waals surface area contributed by atoms with Gasteiger partial charge in [-0.3, -0.25) is 0 Å². The van der Waals surface area contributed by atoms with Gasteiger partial charge in [-0.25, -0.2) is 13.4 Å². The van der Waals surface area contributed by atoms with E-state index in [1.54, 1.807) is 12.1 Å². The monoisotopic (exact) mass is 497 g/mol. The Bertz CT molecular complexity index is 663. The fourth-order valence-electron chi connectivity index (χ4n) is 2.59. The fraction of sp³-hybridized carbons (Fsp3) is 0.588. The number of nitrogens with zero attached hydrogens (tertiary/aromatic N) is 2. The molecule has 142 valence electrons. The molecule has 8 heteroatoms. The molecule has 1 fully saturated rings. The third-order valence-electron chi connectivity index (χ3n) is 3.99. The lowest BCUT2D eigenvalue weighted by atomic mass is 10.2. The van der Waals surface area contributed by atoms with E-state index in [4.69, 9.17) is 4.99 Å². The molecule has 1 aliphatic rings. The van der Waals surface area contributed by atoms with E-state index in [0.717, 1.165) is 36.9 Å². The summed E-state index contributed by atoms with van der Waals surface area (Å²) in [7, 11) is -3.14. The Morgan fingerprint density at radius 3 is 2.56 bits per heavy atom. The minimum atomic E-state index is -3.14. The Hall–Kier alpha value is -0.480. The van der Waals surface area contributed by atoms with Gasteiger partial charge in [-0.05, 0) is 31.0 Å². The number of aliphatic imine (C=N–C) groups is 1. The van der Waals surface area contributed by atoms with Gasteiger partial charge in [0.15, 0.2) is 15.8 Å².